The van der Waals surface area contributed by atoms with Gasteiger partial charge in [0.05, 0.1) is 4.34 Å². The summed E-state index contributed by atoms with van der Waals surface area (Å²) in [7, 11) is 0. The molecule has 1 unspecified atom stereocenters. The van der Waals surface area contributed by atoms with Gasteiger partial charge in [-0.15, -0.1) is 11.3 Å². The summed E-state index contributed by atoms with van der Waals surface area (Å²) in [6, 6.07) is 4.23. The quantitative estimate of drug-likeness (QED) is 0.855. The molecule has 0 aromatic carbocycles. The van der Waals surface area contributed by atoms with Crippen LogP contribution in [0.1, 0.15) is 51.3 Å². The molecule has 3 rings (SSSR count). The van der Waals surface area contributed by atoms with Gasteiger partial charge < -0.3 is 5.32 Å². The number of rotatable bonds is 5. The van der Waals surface area contributed by atoms with Crippen molar-refractivity contribution in [3.8, 4) is 0 Å². The fourth-order valence-electron chi connectivity index (χ4n) is 3.77. The fourth-order valence-corrected chi connectivity index (χ4v) is 4.88. The molecular formula is C17H27ClN2S. The molecule has 1 aliphatic heterocycles. The van der Waals surface area contributed by atoms with Crippen LogP contribution in [-0.4, -0.2) is 29.1 Å². The van der Waals surface area contributed by atoms with E-state index in [4.69, 9.17) is 11.6 Å². The first-order valence-electron chi connectivity index (χ1n) is 8.25. The van der Waals surface area contributed by atoms with E-state index in [0.29, 0.717) is 5.54 Å². The van der Waals surface area contributed by atoms with Crippen molar-refractivity contribution in [3.63, 3.8) is 0 Å². The molecule has 1 saturated heterocycles. The third kappa shape index (κ3) is 3.03. The summed E-state index contributed by atoms with van der Waals surface area (Å²) in [5, 5.41) is 3.90. The molecule has 2 nitrogen and oxygen atoms in total. The Balaban J connectivity index is 1.82. The van der Waals surface area contributed by atoms with Gasteiger partial charge in [-0.3, -0.25) is 4.90 Å². The van der Waals surface area contributed by atoms with Crippen LogP contribution in [0.2, 0.25) is 4.34 Å². The van der Waals surface area contributed by atoms with Crippen LogP contribution >= 0.6 is 22.9 Å². The van der Waals surface area contributed by atoms with Crippen LogP contribution in [0.3, 0.4) is 0 Å². The Bertz CT molecular complexity index is 493. The van der Waals surface area contributed by atoms with Crippen molar-refractivity contribution >= 4 is 22.9 Å². The second kappa shape index (κ2) is 5.84. The minimum atomic E-state index is 0.287. The fraction of sp³-hybridized carbons (Fsp3) is 0.765. The van der Waals surface area contributed by atoms with Gasteiger partial charge in [0.1, 0.15) is 0 Å². The lowest BCUT2D eigenvalue weighted by Gasteiger charge is -2.53. The van der Waals surface area contributed by atoms with Crippen molar-refractivity contribution in [2.24, 2.45) is 5.92 Å². The average molecular weight is 327 g/mol. The molecule has 4 heteroatoms. The molecule has 1 aromatic heterocycles. The van der Waals surface area contributed by atoms with Gasteiger partial charge in [-0.05, 0) is 50.7 Å². The molecule has 21 heavy (non-hydrogen) atoms. The number of nitrogens with zero attached hydrogens (tertiary/aromatic N) is 1. The molecule has 1 N–H and O–H groups in total. The lowest BCUT2D eigenvalue weighted by atomic mass is 9.82. The Kier molecular flexibility index (Phi) is 4.39. The van der Waals surface area contributed by atoms with Crippen LogP contribution in [-0.2, 0) is 6.54 Å². The molecule has 0 radical (unpaired) electrons. The van der Waals surface area contributed by atoms with Gasteiger partial charge in [0.2, 0.25) is 0 Å². The zero-order valence-corrected chi connectivity index (χ0v) is 15.0. The summed E-state index contributed by atoms with van der Waals surface area (Å²) in [5.41, 5.74) is 0.597. The molecule has 2 aliphatic rings. The minimum absolute atomic E-state index is 0.287. The molecule has 1 atom stereocenters. The Morgan fingerprint density at radius 1 is 1.33 bits per heavy atom. The standard InChI is InChI=1S/C17H27ClN2S/c1-4-17(5-2)12-20(10-14-8-9-15(18)21-14)16(3,11-19-17)13-6-7-13/h8-9,13,19H,4-7,10-12H2,1-3H3. The maximum absolute atomic E-state index is 6.12. The van der Waals surface area contributed by atoms with Crippen LogP contribution in [0.4, 0.5) is 0 Å². The maximum Gasteiger partial charge on any atom is 0.0931 e. The second-order valence-electron chi connectivity index (χ2n) is 7.03. The van der Waals surface area contributed by atoms with E-state index < -0.39 is 0 Å². The average Bonchev–Trinajstić information content (AvgIpc) is 3.26. The van der Waals surface area contributed by atoms with E-state index in [1.165, 1.54) is 30.6 Å². The second-order valence-corrected chi connectivity index (χ2v) is 8.83. The van der Waals surface area contributed by atoms with Crippen molar-refractivity contribution in [1.29, 1.82) is 0 Å². The first-order valence-corrected chi connectivity index (χ1v) is 9.45. The molecular weight excluding hydrogens is 300 g/mol. The third-order valence-electron chi connectivity index (χ3n) is 5.82. The van der Waals surface area contributed by atoms with E-state index in [2.05, 4.69) is 37.1 Å². The smallest absolute Gasteiger partial charge is 0.0931 e. The zero-order chi connectivity index (χ0) is 15.1. The van der Waals surface area contributed by atoms with Gasteiger partial charge in [-0.2, -0.15) is 0 Å². The summed E-state index contributed by atoms with van der Waals surface area (Å²) in [5.74, 6) is 0.868. The highest BCUT2D eigenvalue weighted by atomic mass is 35.5. The molecule has 0 spiro atoms. The Morgan fingerprint density at radius 2 is 2.05 bits per heavy atom. The normalized spacial score (nSPS) is 29.7. The first-order chi connectivity index (χ1) is 10.0. The maximum atomic E-state index is 6.12. The lowest BCUT2D eigenvalue weighted by molar-refractivity contribution is -0.00776. The van der Waals surface area contributed by atoms with E-state index >= 15 is 0 Å². The molecule has 118 valence electrons. The SMILES string of the molecule is CCC1(CC)CN(Cc2ccc(Cl)s2)C(C)(C2CC2)CN1. The minimum Gasteiger partial charge on any atom is -0.308 e. The van der Waals surface area contributed by atoms with Crippen LogP contribution in [0.5, 0.6) is 0 Å². The number of hydrogen-bond donors (Lipinski definition) is 1. The molecule has 1 saturated carbocycles. The number of thiophene rings is 1. The van der Waals surface area contributed by atoms with E-state index in [1.807, 2.05) is 6.07 Å². The Hall–Kier alpha value is -0.0900. The molecule has 2 fully saturated rings. The van der Waals surface area contributed by atoms with Gasteiger partial charge in [-0.25, -0.2) is 0 Å². The first kappa shape index (κ1) is 15.8. The van der Waals surface area contributed by atoms with Gasteiger partial charge in [0, 0.05) is 35.6 Å². The number of nitrogens with one attached hydrogen (secondary N) is 1. The number of piperazine rings is 1. The van der Waals surface area contributed by atoms with Crippen molar-refractivity contribution in [3.05, 3.63) is 21.3 Å². The van der Waals surface area contributed by atoms with Gasteiger partial charge in [0.25, 0.3) is 0 Å². The summed E-state index contributed by atoms with van der Waals surface area (Å²) in [6.45, 7) is 10.4. The van der Waals surface area contributed by atoms with Crippen LogP contribution < -0.4 is 5.32 Å². The topological polar surface area (TPSA) is 15.3 Å². The van der Waals surface area contributed by atoms with Crippen LogP contribution in [0.15, 0.2) is 12.1 Å². The molecule has 0 bridgehead atoms. The van der Waals surface area contributed by atoms with E-state index in [9.17, 15) is 0 Å². The summed E-state index contributed by atoms with van der Waals surface area (Å²) in [4.78, 5) is 4.14. The van der Waals surface area contributed by atoms with Crippen molar-refractivity contribution in [2.75, 3.05) is 13.1 Å². The predicted molar refractivity (Wildman–Crippen MR) is 92.2 cm³/mol. The number of halogens is 1. The van der Waals surface area contributed by atoms with Crippen molar-refractivity contribution < 1.29 is 0 Å². The molecule has 0 amide bonds. The molecule has 1 aliphatic carbocycles. The van der Waals surface area contributed by atoms with E-state index in [0.717, 1.165) is 29.9 Å². The van der Waals surface area contributed by atoms with Gasteiger partial charge in [-0.1, -0.05) is 25.4 Å². The van der Waals surface area contributed by atoms with Gasteiger partial charge >= 0.3 is 0 Å². The number of hydrogen-bond acceptors (Lipinski definition) is 3. The highest BCUT2D eigenvalue weighted by molar-refractivity contribution is 7.16. The molecule has 2 heterocycles. The Labute approximate surface area is 137 Å². The highest BCUT2D eigenvalue weighted by Crippen LogP contribution is 2.46. The third-order valence-corrected chi connectivity index (χ3v) is 7.04. The predicted octanol–water partition coefficient (Wildman–Crippen LogP) is 4.53. The monoisotopic (exact) mass is 326 g/mol. The van der Waals surface area contributed by atoms with E-state index in [-0.39, 0.29) is 5.54 Å². The lowest BCUT2D eigenvalue weighted by Crippen LogP contribution is -2.69. The highest BCUT2D eigenvalue weighted by Gasteiger charge is 2.50. The molecule has 1 aromatic rings. The van der Waals surface area contributed by atoms with Gasteiger partial charge in [0.15, 0.2) is 0 Å². The van der Waals surface area contributed by atoms with Crippen LogP contribution in [0, 0.1) is 5.92 Å². The summed E-state index contributed by atoms with van der Waals surface area (Å²) >= 11 is 7.86. The van der Waals surface area contributed by atoms with Crippen LogP contribution in [0.25, 0.3) is 0 Å². The van der Waals surface area contributed by atoms with Crippen molar-refractivity contribution in [1.82, 2.24) is 10.2 Å². The largest absolute Gasteiger partial charge is 0.308 e. The Morgan fingerprint density at radius 3 is 2.57 bits per heavy atom. The summed E-state index contributed by atoms with van der Waals surface area (Å²) < 4.78 is 0.908. The van der Waals surface area contributed by atoms with E-state index in [1.54, 1.807) is 11.3 Å². The zero-order valence-electron chi connectivity index (χ0n) is 13.4. The van der Waals surface area contributed by atoms with Crippen molar-refractivity contribution in [2.45, 2.75) is 64.1 Å². The summed E-state index contributed by atoms with van der Waals surface area (Å²) in [6.07, 6.45) is 5.19.